The van der Waals surface area contributed by atoms with E-state index in [0.29, 0.717) is 13.1 Å². The maximum Gasteiger partial charge on any atom is 0.238 e. The minimum Gasteiger partial charge on any atom is -0.359 e. The molecule has 21 heavy (non-hydrogen) atoms. The van der Waals surface area contributed by atoms with Gasteiger partial charge < -0.3 is 16.4 Å². The number of anilines is 1. The van der Waals surface area contributed by atoms with Crippen LogP contribution in [-0.4, -0.2) is 43.9 Å². The molecule has 0 aromatic heterocycles. The zero-order valence-electron chi connectivity index (χ0n) is 12.8. The van der Waals surface area contributed by atoms with E-state index in [1.54, 1.807) is 7.05 Å². The van der Waals surface area contributed by atoms with Crippen LogP contribution in [0.15, 0.2) is 24.3 Å². The van der Waals surface area contributed by atoms with Gasteiger partial charge in [0.25, 0.3) is 0 Å². The summed E-state index contributed by atoms with van der Waals surface area (Å²) in [7, 11) is 3.42. The lowest BCUT2D eigenvalue weighted by atomic mass is 10.1. The van der Waals surface area contributed by atoms with Crippen LogP contribution in [0.3, 0.4) is 0 Å². The monoisotopic (exact) mass is 292 g/mol. The molecule has 1 atom stereocenters. The van der Waals surface area contributed by atoms with Crippen LogP contribution in [-0.2, 0) is 16.1 Å². The molecule has 1 rings (SSSR count). The second kappa shape index (κ2) is 8.39. The van der Waals surface area contributed by atoms with Crippen molar-refractivity contribution in [3.8, 4) is 0 Å². The number of nitrogens with two attached hydrogens (primary N) is 1. The molecule has 6 heteroatoms. The molecule has 0 bridgehead atoms. The van der Waals surface area contributed by atoms with Crippen molar-refractivity contribution < 1.29 is 9.59 Å². The van der Waals surface area contributed by atoms with Crippen molar-refractivity contribution in [3.05, 3.63) is 29.8 Å². The topological polar surface area (TPSA) is 87.5 Å². The molecule has 0 aliphatic heterocycles. The molecule has 0 spiro atoms. The molecular formula is C15H24N4O2. The van der Waals surface area contributed by atoms with E-state index in [4.69, 9.17) is 5.73 Å². The highest BCUT2D eigenvalue weighted by molar-refractivity contribution is 5.92. The van der Waals surface area contributed by atoms with Crippen molar-refractivity contribution in [3.63, 3.8) is 0 Å². The van der Waals surface area contributed by atoms with Crippen LogP contribution in [0.5, 0.6) is 0 Å². The maximum absolute atomic E-state index is 12.0. The Morgan fingerprint density at radius 3 is 2.71 bits per heavy atom. The van der Waals surface area contributed by atoms with Gasteiger partial charge in [-0.1, -0.05) is 19.1 Å². The highest BCUT2D eigenvalue weighted by Crippen LogP contribution is 2.10. The average molecular weight is 292 g/mol. The summed E-state index contributed by atoms with van der Waals surface area (Å²) in [4.78, 5) is 25.2. The SMILES string of the molecule is CNC(=O)C(C)CN(C)CC(=O)Nc1cccc(CN)c1. The number of nitrogens with zero attached hydrogens (tertiary/aromatic N) is 1. The van der Waals surface area contributed by atoms with Crippen molar-refractivity contribution in [2.75, 3.05) is 32.5 Å². The summed E-state index contributed by atoms with van der Waals surface area (Å²) in [6, 6.07) is 7.44. The Morgan fingerprint density at radius 1 is 1.38 bits per heavy atom. The molecule has 4 N–H and O–H groups in total. The zero-order valence-corrected chi connectivity index (χ0v) is 12.8. The van der Waals surface area contributed by atoms with Gasteiger partial charge in [0, 0.05) is 31.7 Å². The highest BCUT2D eigenvalue weighted by atomic mass is 16.2. The van der Waals surface area contributed by atoms with Crippen molar-refractivity contribution >= 4 is 17.5 Å². The number of carbonyl (C=O) groups is 2. The molecule has 1 unspecified atom stereocenters. The molecular weight excluding hydrogens is 268 g/mol. The Labute approximate surface area is 125 Å². The Hall–Kier alpha value is -1.92. The Morgan fingerprint density at radius 2 is 2.10 bits per heavy atom. The van der Waals surface area contributed by atoms with Gasteiger partial charge >= 0.3 is 0 Å². The van der Waals surface area contributed by atoms with Crippen molar-refractivity contribution in [1.82, 2.24) is 10.2 Å². The van der Waals surface area contributed by atoms with Crippen LogP contribution in [0, 0.1) is 5.92 Å². The number of carbonyl (C=O) groups excluding carboxylic acids is 2. The predicted molar refractivity (Wildman–Crippen MR) is 83.7 cm³/mol. The second-order valence-corrected chi connectivity index (χ2v) is 5.16. The number of benzene rings is 1. The van der Waals surface area contributed by atoms with Crippen molar-refractivity contribution in [2.45, 2.75) is 13.5 Å². The molecule has 0 heterocycles. The lowest BCUT2D eigenvalue weighted by Gasteiger charge is -2.20. The van der Waals surface area contributed by atoms with Crippen LogP contribution in [0.1, 0.15) is 12.5 Å². The summed E-state index contributed by atoms with van der Waals surface area (Å²) in [6.07, 6.45) is 0. The van der Waals surface area contributed by atoms with Gasteiger partial charge in [0.1, 0.15) is 0 Å². The third-order valence-corrected chi connectivity index (χ3v) is 3.14. The smallest absolute Gasteiger partial charge is 0.238 e. The average Bonchev–Trinajstić information content (AvgIpc) is 2.45. The molecule has 0 fully saturated rings. The minimum absolute atomic E-state index is 0.0297. The number of nitrogens with one attached hydrogen (secondary N) is 2. The predicted octanol–water partition coefficient (Wildman–Crippen LogP) is 0.398. The summed E-state index contributed by atoms with van der Waals surface area (Å²) >= 11 is 0. The van der Waals surface area contributed by atoms with Crippen LogP contribution >= 0.6 is 0 Å². The molecule has 1 aromatic carbocycles. The quantitative estimate of drug-likeness (QED) is 0.679. The van der Waals surface area contributed by atoms with Gasteiger partial charge in [0.2, 0.25) is 11.8 Å². The molecule has 116 valence electrons. The number of hydrogen-bond donors (Lipinski definition) is 3. The first-order chi connectivity index (χ1) is 9.96. The van der Waals surface area contributed by atoms with Crippen LogP contribution in [0.25, 0.3) is 0 Å². The first-order valence-corrected chi connectivity index (χ1v) is 6.95. The zero-order chi connectivity index (χ0) is 15.8. The molecule has 6 nitrogen and oxygen atoms in total. The normalized spacial score (nSPS) is 12.0. The molecule has 2 amide bonds. The van der Waals surface area contributed by atoms with Crippen molar-refractivity contribution in [1.29, 1.82) is 0 Å². The third-order valence-electron chi connectivity index (χ3n) is 3.14. The summed E-state index contributed by atoms with van der Waals surface area (Å²) in [5, 5.41) is 5.43. The van der Waals surface area contributed by atoms with Gasteiger partial charge in [-0.05, 0) is 24.7 Å². The Balaban J connectivity index is 2.47. The van der Waals surface area contributed by atoms with E-state index >= 15 is 0 Å². The summed E-state index contributed by atoms with van der Waals surface area (Å²) in [5.41, 5.74) is 7.27. The lowest BCUT2D eigenvalue weighted by molar-refractivity contribution is -0.125. The first kappa shape index (κ1) is 17.1. The fourth-order valence-electron chi connectivity index (χ4n) is 2.08. The Bertz CT molecular complexity index is 490. The molecule has 0 saturated carbocycles. The van der Waals surface area contributed by atoms with Crippen LogP contribution in [0.4, 0.5) is 5.69 Å². The van der Waals surface area contributed by atoms with Crippen LogP contribution < -0.4 is 16.4 Å². The van der Waals surface area contributed by atoms with E-state index in [9.17, 15) is 9.59 Å². The van der Waals surface area contributed by atoms with E-state index in [-0.39, 0.29) is 24.3 Å². The standard InChI is InChI=1S/C15H24N4O2/c1-11(15(21)17-2)9-19(3)10-14(20)18-13-6-4-5-12(7-13)8-16/h4-7,11H,8-10,16H2,1-3H3,(H,17,21)(H,18,20). The van der Waals surface area contributed by atoms with Crippen LogP contribution in [0.2, 0.25) is 0 Å². The van der Waals surface area contributed by atoms with E-state index < -0.39 is 0 Å². The van der Waals surface area contributed by atoms with Gasteiger partial charge in [-0.25, -0.2) is 0 Å². The highest BCUT2D eigenvalue weighted by Gasteiger charge is 2.15. The first-order valence-electron chi connectivity index (χ1n) is 6.95. The summed E-state index contributed by atoms with van der Waals surface area (Å²) < 4.78 is 0. The maximum atomic E-state index is 12.0. The number of amides is 2. The molecule has 0 aliphatic rings. The number of rotatable bonds is 7. The van der Waals surface area contributed by atoms with E-state index in [1.165, 1.54) is 0 Å². The summed E-state index contributed by atoms with van der Waals surface area (Å²) in [5.74, 6) is -0.304. The fourth-order valence-corrected chi connectivity index (χ4v) is 2.08. The molecule has 0 radical (unpaired) electrons. The number of hydrogen-bond acceptors (Lipinski definition) is 4. The molecule has 0 saturated heterocycles. The van der Waals surface area contributed by atoms with E-state index in [1.807, 2.05) is 43.1 Å². The van der Waals surface area contributed by atoms with Gasteiger partial charge in [-0.15, -0.1) is 0 Å². The minimum atomic E-state index is -0.159. The molecule has 1 aromatic rings. The fraction of sp³-hybridized carbons (Fsp3) is 0.467. The second-order valence-electron chi connectivity index (χ2n) is 5.16. The summed E-state index contributed by atoms with van der Waals surface area (Å²) in [6.45, 7) is 3.02. The third kappa shape index (κ3) is 5.93. The van der Waals surface area contributed by atoms with Gasteiger partial charge in [-0.2, -0.15) is 0 Å². The van der Waals surface area contributed by atoms with E-state index in [0.717, 1.165) is 11.3 Å². The molecule has 0 aliphatic carbocycles. The largest absolute Gasteiger partial charge is 0.359 e. The lowest BCUT2D eigenvalue weighted by Crippen LogP contribution is -2.38. The number of likely N-dealkylation sites (N-methyl/N-ethyl adjacent to an activating group) is 1. The van der Waals surface area contributed by atoms with Gasteiger partial charge in [0.15, 0.2) is 0 Å². The van der Waals surface area contributed by atoms with Gasteiger partial charge in [-0.3, -0.25) is 14.5 Å². The van der Waals surface area contributed by atoms with E-state index in [2.05, 4.69) is 10.6 Å². The van der Waals surface area contributed by atoms with Gasteiger partial charge in [0.05, 0.1) is 6.54 Å². The van der Waals surface area contributed by atoms with Crippen molar-refractivity contribution in [2.24, 2.45) is 11.7 Å². The Kier molecular flexibility index (Phi) is 6.84.